The monoisotopic (exact) mass is 265 g/mol. The van der Waals surface area contributed by atoms with Crippen molar-refractivity contribution < 1.29 is 0 Å². The fourth-order valence-electron chi connectivity index (χ4n) is 2.28. The van der Waals surface area contributed by atoms with Gasteiger partial charge in [-0.1, -0.05) is 30.9 Å². The van der Waals surface area contributed by atoms with E-state index < -0.39 is 0 Å². The van der Waals surface area contributed by atoms with E-state index in [0.29, 0.717) is 10.9 Å². The standard InChI is InChI=1S/C12H16ClN5/c1-8-10(13)17-12-15-7-16-18(12)11(8)14-6-5-9-3-2-4-9/h7,9,14H,2-6H2,1H3. The van der Waals surface area contributed by atoms with Crippen LogP contribution in [0.25, 0.3) is 5.78 Å². The molecule has 5 nitrogen and oxygen atoms in total. The molecule has 0 unspecified atom stereocenters. The Balaban J connectivity index is 1.80. The molecule has 0 amide bonds. The van der Waals surface area contributed by atoms with Gasteiger partial charge in [0.1, 0.15) is 17.3 Å². The summed E-state index contributed by atoms with van der Waals surface area (Å²) in [6.07, 6.45) is 6.83. The first-order valence-corrected chi connectivity index (χ1v) is 6.73. The quantitative estimate of drug-likeness (QED) is 0.864. The van der Waals surface area contributed by atoms with E-state index in [-0.39, 0.29) is 0 Å². The number of nitrogens with one attached hydrogen (secondary N) is 1. The first-order valence-electron chi connectivity index (χ1n) is 6.35. The van der Waals surface area contributed by atoms with Crippen molar-refractivity contribution in [2.75, 3.05) is 11.9 Å². The van der Waals surface area contributed by atoms with Crippen molar-refractivity contribution in [1.82, 2.24) is 19.6 Å². The first kappa shape index (κ1) is 11.7. The molecule has 6 heteroatoms. The van der Waals surface area contributed by atoms with Crippen LogP contribution < -0.4 is 5.32 Å². The Morgan fingerprint density at radius 2 is 2.33 bits per heavy atom. The minimum atomic E-state index is 0.488. The van der Waals surface area contributed by atoms with Crippen LogP contribution in [0.1, 0.15) is 31.2 Å². The molecule has 0 spiro atoms. The van der Waals surface area contributed by atoms with Gasteiger partial charge >= 0.3 is 0 Å². The van der Waals surface area contributed by atoms with E-state index in [0.717, 1.165) is 23.8 Å². The van der Waals surface area contributed by atoms with Crippen LogP contribution in [-0.4, -0.2) is 26.1 Å². The van der Waals surface area contributed by atoms with Crippen LogP contribution in [0.15, 0.2) is 6.33 Å². The van der Waals surface area contributed by atoms with E-state index >= 15 is 0 Å². The molecule has 3 rings (SSSR count). The third-order valence-corrected chi connectivity index (χ3v) is 4.04. The second-order valence-corrected chi connectivity index (χ2v) is 5.22. The van der Waals surface area contributed by atoms with E-state index in [9.17, 15) is 0 Å². The normalized spacial score (nSPS) is 15.9. The molecule has 2 heterocycles. The van der Waals surface area contributed by atoms with Crippen LogP contribution in [0, 0.1) is 12.8 Å². The SMILES string of the molecule is Cc1c(Cl)nc2ncnn2c1NCCC1CCC1. The Morgan fingerprint density at radius 1 is 1.50 bits per heavy atom. The predicted molar refractivity (Wildman–Crippen MR) is 71.0 cm³/mol. The molecule has 0 radical (unpaired) electrons. The number of rotatable bonds is 4. The summed E-state index contributed by atoms with van der Waals surface area (Å²) in [6.45, 7) is 2.89. The van der Waals surface area contributed by atoms with Gasteiger partial charge < -0.3 is 5.32 Å². The van der Waals surface area contributed by atoms with Crippen LogP contribution in [-0.2, 0) is 0 Å². The molecular weight excluding hydrogens is 250 g/mol. The number of hydrogen-bond donors (Lipinski definition) is 1. The van der Waals surface area contributed by atoms with Gasteiger partial charge in [-0.05, 0) is 19.3 Å². The lowest BCUT2D eigenvalue weighted by atomic mass is 9.83. The lowest BCUT2D eigenvalue weighted by Gasteiger charge is -2.25. The molecule has 1 N–H and O–H groups in total. The summed E-state index contributed by atoms with van der Waals surface area (Å²) >= 11 is 6.10. The Hall–Kier alpha value is -1.36. The second kappa shape index (κ2) is 4.72. The van der Waals surface area contributed by atoms with Crippen molar-refractivity contribution in [3.8, 4) is 0 Å². The van der Waals surface area contributed by atoms with Gasteiger partial charge in [0.2, 0.25) is 0 Å². The number of halogens is 1. The minimum Gasteiger partial charge on any atom is -0.370 e. The maximum Gasteiger partial charge on any atom is 0.255 e. The molecule has 18 heavy (non-hydrogen) atoms. The van der Waals surface area contributed by atoms with Gasteiger partial charge in [-0.15, -0.1) is 0 Å². The molecule has 0 aromatic carbocycles. The molecule has 96 valence electrons. The molecule has 1 saturated carbocycles. The van der Waals surface area contributed by atoms with E-state index in [1.807, 2.05) is 6.92 Å². The molecule has 2 aromatic rings. The predicted octanol–water partition coefficient (Wildman–Crippen LogP) is 2.69. The molecular formula is C12H16ClN5. The molecule has 1 fully saturated rings. The fourth-order valence-corrected chi connectivity index (χ4v) is 2.45. The van der Waals surface area contributed by atoms with Gasteiger partial charge in [0, 0.05) is 12.1 Å². The maximum absolute atomic E-state index is 6.10. The highest BCUT2D eigenvalue weighted by Gasteiger charge is 2.17. The van der Waals surface area contributed by atoms with Crippen molar-refractivity contribution in [2.24, 2.45) is 5.92 Å². The molecule has 1 aliphatic rings. The number of fused-ring (bicyclic) bond motifs is 1. The molecule has 1 aliphatic carbocycles. The number of anilines is 1. The van der Waals surface area contributed by atoms with Crippen LogP contribution in [0.3, 0.4) is 0 Å². The largest absolute Gasteiger partial charge is 0.370 e. The topological polar surface area (TPSA) is 55.1 Å². The third-order valence-electron chi connectivity index (χ3n) is 3.67. The van der Waals surface area contributed by atoms with Gasteiger partial charge in [-0.3, -0.25) is 0 Å². The molecule has 0 saturated heterocycles. The van der Waals surface area contributed by atoms with E-state index in [1.54, 1.807) is 4.52 Å². The zero-order valence-corrected chi connectivity index (χ0v) is 11.1. The first-order chi connectivity index (χ1) is 8.75. The number of hydrogen-bond acceptors (Lipinski definition) is 4. The summed E-state index contributed by atoms with van der Waals surface area (Å²) in [4.78, 5) is 8.25. The van der Waals surface area contributed by atoms with Gasteiger partial charge in [0.05, 0.1) is 0 Å². The summed E-state index contributed by atoms with van der Waals surface area (Å²) in [5, 5.41) is 8.08. The highest BCUT2D eigenvalue weighted by atomic mass is 35.5. The number of aromatic nitrogens is 4. The lowest BCUT2D eigenvalue weighted by molar-refractivity contribution is 0.303. The van der Waals surface area contributed by atoms with Gasteiger partial charge in [-0.2, -0.15) is 19.6 Å². The Kier molecular flexibility index (Phi) is 3.07. The summed E-state index contributed by atoms with van der Waals surface area (Å²) in [7, 11) is 0. The molecule has 0 aliphatic heterocycles. The second-order valence-electron chi connectivity index (χ2n) is 4.86. The van der Waals surface area contributed by atoms with Gasteiger partial charge in [-0.25, -0.2) is 0 Å². The Morgan fingerprint density at radius 3 is 3.06 bits per heavy atom. The van der Waals surface area contributed by atoms with Crippen LogP contribution in [0.4, 0.5) is 5.82 Å². The molecule has 2 aromatic heterocycles. The Bertz CT molecular complexity index is 561. The van der Waals surface area contributed by atoms with Crippen LogP contribution in [0.2, 0.25) is 5.15 Å². The third kappa shape index (κ3) is 2.03. The lowest BCUT2D eigenvalue weighted by Crippen LogP contribution is -2.17. The summed E-state index contributed by atoms with van der Waals surface area (Å²) in [6, 6.07) is 0. The molecule has 0 bridgehead atoms. The zero-order valence-electron chi connectivity index (χ0n) is 10.4. The van der Waals surface area contributed by atoms with E-state index in [1.165, 1.54) is 32.0 Å². The fraction of sp³-hybridized carbons (Fsp3) is 0.583. The average molecular weight is 266 g/mol. The van der Waals surface area contributed by atoms with E-state index in [4.69, 9.17) is 11.6 Å². The smallest absolute Gasteiger partial charge is 0.255 e. The molecule has 0 atom stereocenters. The van der Waals surface area contributed by atoms with E-state index in [2.05, 4.69) is 20.4 Å². The summed E-state index contributed by atoms with van der Waals surface area (Å²) in [5.41, 5.74) is 0.920. The summed E-state index contributed by atoms with van der Waals surface area (Å²) in [5.74, 6) is 2.33. The van der Waals surface area contributed by atoms with Crippen LogP contribution in [0.5, 0.6) is 0 Å². The highest BCUT2D eigenvalue weighted by molar-refractivity contribution is 6.30. The zero-order chi connectivity index (χ0) is 12.5. The maximum atomic E-state index is 6.10. The van der Waals surface area contributed by atoms with Gasteiger partial charge in [0.15, 0.2) is 0 Å². The van der Waals surface area contributed by atoms with Crippen molar-refractivity contribution in [2.45, 2.75) is 32.6 Å². The average Bonchev–Trinajstić information content (AvgIpc) is 2.73. The van der Waals surface area contributed by atoms with Crippen molar-refractivity contribution in [1.29, 1.82) is 0 Å². The van der Waals surface area contributed by atoms with Crippen molar-refractivity contribution in [3.05, 3.63) is 17.0 Å². The number of nitrogens with zero attached hydrogens (tertiary/aromatic N) is 4. The Labute approximate surface area is 111 Å². The van der Waals surface area contributed by atoms with Crippen molar-refractivity contribution in [3.63, 3.8) is 0 Å². The van der Waals surface area contributed by atoms with Crippen LogP contribution >= 0.6 is 11.6 Å². The highest BCUT2D eigenvalue weighted by Crippen LogP contribution is 2.29. The summed E-state index contributed by atoms with van der Waals surface area (Å²) < 4.78 is 1.71. The van der Waals surface area contributed by atoms with Gasteiger partial charge in [0.25, 0.3) is 5.78 Å². The van der Waals surface area contributed by atoms with Crippen molar-refractivity contribution >= 4 is 23.2 Å². The minimum absolute atomic E-state index is 0.488.